The molecule has 5 nitrogen and oxygen atoms in total. The van der Waals surface area contributed by atoms with E-state index in [9.17, 15) is 4.79 Å². The van der Waals surface area contributed by atoms with Gasteiger partial charge >= 0.3 is 0 Å². The minimum absolute atomic E-state index is 0.0767. The smallest absolute Gasteiger partial charge is 0.224 e. The first-order valence-electron chi connectivity index (χ1n) is 10.1. The number of hydrogen-bond acceptors (Lipinski definition) is 4. The number of carbonyl (C=O) groups excluding carboxylic acids is 1. The molecule has 1 atom stereocenters. The van der Waals surface area contributed by atoms with E-state index >= 15 is 0 Å². The van der Waals surface area contributed by atoms with Crippen LogP contribution in [-0.2, 0) is 16.0 Å². The highest BCUT2D eigenvalue weighted by atomic mass is 16.5. The van der Waals surface area contributed by atoms with E-state index in [-0.39, 0.29) is 11.8 Å². The lowest BCUT2D eigenvalue weighted by Gasteiger charge is -2.29. The van der Waals surface area contributed by atoms with Crippen LogP contribution in [0.4, 0.5) is 11.4 Å². The summed E-state index contributed by atoms with van der Waals surface area (Å²) >= 11 is 0. The van der Waals surface area contributed by atoms with Gasteiger partial charge in [0, 0.05) is 30.9 Å². The summed E-state index contributed by atoms with van der Waals surface area (Å²) in [6.45, 7) is 3.28. The maximum absolute atomic E-state index is 12.7. The first-order chi connectivity index (χ1) is 13.7. The first-order valence-corrected chi connectivity index (χ1v) is 10.1. The van der Waals surface area contributed by atoms with Crippen molar-refractivity contribution in [3.63, 3.8) is 0 Å². The quantitative estimate of drug-likeness (QED) is 0.852. The fourth-order valence-corrected chi connectivity index (χ4v) is 4.27. The van der Waals surface area contributed by atoms with E-state index in [0.717, 1.165) is 62.7 Å². The van der Waals surface area contributed by atoms with Gasteiger partial charge in [-0.2, -0.15) is 0 Å². The SMILES string of the molecule is COc1ccc2c(c1)CCCC2CC(=O)Nc1cccc(N2CCOCC2)c1. The van der Waals surface area contributed by atoms with Crippen molar-refractivity contribution in [3.05, 3.63) is 53.6 Å². The zero-order valence-electron chi connectivity index (χ0n) is 16.4. The Hall–Kier alpha value is -2.53. The van der Waals surface area contributed by atoms with Crippen molar-refractivity contribution in [2.75, 3.05) is 43.6 Å². The number of ether oxygens (including phenoxy) is 2. The topological polar surface area (TPSA) is 50.8 Å². The van der Waals surface area contributed by atoms with Gasteiger partial charge in [-0.15, -0.1) is 0 Å². The Morgan fingerprint density at radius 3 is 2.89 bits per heavy atom. The van der Waals surface area contributed by atoms with Crippen molar-refractivity contribution in [3.8, 4) is 5.75 Å². The summed E-state index contributed by atoms with van der Waals surface area (Å²) in [5, 5.41) is 3.10. The zero-order chi connectivity index (χ0) is 19.3. The molecular formula is C23H28N2O3. The Labute approximate surface area is 166 Å². The van der Waals surface area contributed by atoms with Crippen LogP contribution in [0.5, 0.6) is 5.75 Å². The molecule has 148 valence electrons. The van der Waals surface area contributed by atoms with Gasteiger partial charge in [0.1, 0.15) is 5.75 Å². The van der Waals surface area contributed by atoms with Crippen LogP contribution in [0.15, 0.2) is 42.5 Å². The second-order valence-corrected chi connectivity index (χ2v) is 7.56. The number of nitrogens with one attached hydrogen (secondary N) is 1. The third-order valence-corrected chi connectivity index (χ3v) is 5.73. The number of methoxy groups -OCH3 is 1. The standard InChI is InChI=1S/C23H28N2O3/c1-27-21-8-9-22-17(14-21)4-2-5-18(22)15-23(26)24-19-6-3-7-20(16-19)25-10-12-28-13-11-25/h3,6-9,14,16,18H,2,4-5,10-13,15H2,1H3,(H,24,26). The third kappa shape index (κ3) is 4.30. The summed E-state index contributed by atoms with van der Waals surface area (Å²) in [4.78, 5) is 15.0. The molecule has 5 heteroatoms. The van der Waals surface area contributed by atoms with Crippen LogP contribution >= 0.6 is 0 Å². The molecule has 0 bridgehead atoms. The Kier molecular flexibility index (Phi) is 5.81. The Morgan fingerprint density at radius 1 is 1.21 bits per heavy atom. The van der Waals surface area contributed by atoms with Crippen LogP contribution in [0.1, 0.15) is 36.3 Å². The van der Waals surface area contributed by atoms with Crippen LogP contribution in [0.25, 0.3) is 0 Å². The van der Waals surface area contributed by atoms with E-state index in [1.54, 1.807) is 7.11 Å². The number of benzene rings is 2. The average Bonchev–Trinajstić information content (AvgIpc) is 2.74. The molecule has 1 aliphatic heterocycles. The molecule has 1 heterocycles. The highest BCUT2D eigenvalue weighted by molar-refractivity contribution is 5.91. The lowest BCUT2D eigenvalue weighted by molar-refractivity contribution is -0.116. The molecular weight excluding hydrogens is 352 g/mol. The number of anilines is 2. The Morgan fingerprint density at radius 2 is 2.07 bits per heavy atom. The number of carbonyl (C=O) groups is 1. The van der Waals surface area contributed by atoms with Crippen LogP contribution in [0, 0.1) is 0 Å². The lowest BCUT2D eigenvalue weighted by Crippen LogP contribution is -2.36. The van der Waals surface area contributed by atoms with E-state index in [0.29, 0.717) is 6.42 Å². The van der Waals surface area contributed by atoms with Crippen molar-refractivity contribution >= 4 is 17.3 Å². The fourth-order valence-electron chi connectivity index (χ4n) is 4.27. The molecule has 0 spiro atoms. The summed E-state index contributed by atoms with van der Waals surface area (Å²) in [5.74, 6) is 1.24. The van der Waals surface area contributed by atoms with Crippen LogP contribution in [0.2, 0.25) is 0 Å². The number of rotatable bonds is 5. The summed E-state index contributed by atoms with van der Waals surface area (Å²) < 4.78 is 10.8. The number of nitrogens with zero attached hydrogens (tertiary/aromatic N) is 1. The highest BCUT2D eigenvalue weighted by Crippen LogP contribution is 2.36. The molecule has 0 aromatic heterocycles. The van der Waals surface area contributed by atoms with Gasteiger partial charge in [-0.25, -0.2) is 0 Å². The number of amides is 1. The molecule has 0 radical (unpaired) electrons. The molecule has 28 heavy (non-hydrogen) atoms. The molecule has 0 saturated carbocycles. The van der Waals surface area contributed by atoms with Crippen molar-refractivity contribution in [1.82, 2.24) is 0 Å². The number of morpholine rings is 1. The minimum atomic E-state index is 0.0767. The molecule has 1 aliphatic carbocycles. The van der Waals surface area contributed by atoms with Crippen molar-refractivity contribution < 1.29 is 14.3 Å². The van der Waals surface area contributed by atoms with Crippen LogP contribution in [-0.4, -0.2) is 39.3 Å². The Bertz CT molecular complexity index is 830. The summed E-state index contributed by atoms with van der Waals surface area (Å²) in [7, 11) is 1.69. The molecule has 1 unspecified atom stereocenters. The normalized spacial score (nSPS) is 19.0. The average molecular weight is 380 g/mol. The van der Waals surface area contributed by atoms with Gasteiger partial charge < -0.3 is 19.7 Å². The van der Waals surface area contributed by atoms with Gasteiger partial charge in [0.05, 0.1) is 20.3 Å². The number of hydrogen-bond donors (Lipinski definition) is 1. The molecule has 2 aliphatic rings. The zero-order valence-corrected chi connectivity index (χ0v) is 16.4. The van der Waals surface area contributed by atoms with Crippen molar-refractivity contribution in [2.45, 2.75) is 31.6 Å². The summed E-state index contributed by atoms with van der Waals surface area (Å²) in [5.41, 5.74) is 4.61. The molecule has 2 aromatic carbocycles. The molecule has 1 amide bonds. The number of aryl methyl sites for hydroxylation is 1. The van der Waals surface area contributed by atoms with Crippen molar-refractivity contribution in [1.29, 1.82) is 0 Å². The van der Waals surface area contributed by atoms with E-state index in [2.05, 4.69) is 34.5 Å². The largest absolute Gasteiger partial charge is 0.497 e. The van der Waals surface area contributed by atoms with Crippen LogP contribution < -0.4 is 15.0 Å². The maximum Gasteiger partial charge on any atom is 0.224 e. The highest BCUT2D eigenvalue weighted by Gasteiger charge is 2.23. The van der Waals surface area contributed by atoms with Gasteiger partial charge in [-0.05, 0) is 66.6 Å². The predicted octanol–water partition coefficient (Wildman–Crippen LogP) is 3.98. The first kappa shape index (κ1) is 18.8. The van der Waals surface area contributed by atoms with Crippen molar-refractivity contribution in [2.24, 2.45) is 0 Å². The Balaban J connectivity index is 1.41. The van der Waals surface area contributed by atoms with Crippen LogP contribution in [0.3, 0.4) is 0 Å². The second-order valence-electron chi connectivity index (χ2n) is 7.56. The third-order valence-electron chi connectivity index (χ3n) is 5.73. The molecule has 1 fully saturated rings. The van der Waals surface area contributed by atoms with Gasteiger partial charge in [0.15, 0.2) is 0 Å². The monoisotopic (exact) mass is 380 g/mol. The van der Waals surface area contributed by atoms with Gasteiger partial charge in [-0.3, -0.25) is 4.79 Å². The number of fused-ring (bicyclic) bond motifs is 1. The molecule has 1 N–H and O–H groups in total. The van der Waals surface area contributed by atoms with E-state index in [1.165, 1.54) is 11.1 Å². The molecule has 1 saturated heterocycles. The van der Waals surface area contributed by atoms with E-state index in [1.807, 2.05) is 18.2 Å². The minimum Gasteiger partial charge on any atom is -0.497 e. The predicted molar refractivity (Wildman–Crippen MR) is 111 cm³/mol. The van der Waals surface area contributed by atoms with Gasteiger partial charge in [-0.1, -0.05) is 12.1 Å². The maximum atomic E-state index is 12.7. The summed E-state index contributed by atoms with van der Waals surface area (Å²) in [6.07, 6.45) is 3.75. The van der Waals surface area contributed by atoms with E-state index < -0.39 is 0 Å². The molecule has 4 rings (SSSR count). The second kappa shape index (κ2) is 8.65. The summed E-state index contributed by atoms with van der Waals surface area (Å²) in [6, 6.07) is 14.4. The van der Waals surface area contributed by atoms with E-state index in [4.69, 9.17) is 9.47 Å². The van der Waals surface area contributed by atoms with Gasteiger partial charge in [0.2, 0.25) is 5.91 Å². The fraction of sp³-hybridized carbons (Fsp3) is 0.435. The van der Waals surface area contributed by atoms with Gasteiger partial charge in [0.25, 0.3) is 0 Å². The lowest BCUT2D eigenvalue weighted by atomic mass is 9.81. The molecule has 2 aromatic rings.